The molecule has 0 fully saturated rings. The molecule has 0 aromatic heterocycles. The Hall–Kier alpha value is -1.93. The van der Waals surface area contributed by atoms with E-state index in [1.54, 1.807) is 0 Å². The van der Waals surface area contributed by atoms with Crippen LogP contribution in [0.2, 0.25) is 0 Å². The zero-order valence-electron chi connectivity index (χ0n) is 8.38. The highest BCUT2D eigenvalue weighted by atomic mass is 16.6. The van der Waals surface area contributed by atoms with E-state index in [9.17, 15) is 14.9 Å². The van der Waals surface area contributed by atoms with E-state index in [0.29, 0.717) is 0 Å². The number of nitro benzene ring substituents is 1. The van der Waals surface area contributed by atoms with Crippen LogP contribution in [-0.2, 0) is 0 Å². The van der Waals surface area contributed by atoms with Gasteiger partial charge in [0.05, 0.1) is 10.4 Å². The van der Waals surface area contributed by atoms with Crippen LogP contribution in [0.25, 0.3) is 0 Å². The van der Waals surface area contributed by atoms with Gasteiger partial charge in [0.2, 0.25) is 0 Å². The molecule has 3 N–H and O–H groups in total. The van der Waals surface area contributed by atoms with Gasteiger partial charge in [-0.3, -0.25) is 14.9 Å². The molecule has 0 saturated heterocycles. The van der Waals surface area contributed by atoms with E-state index in [1.807, 2.05) is 0 Å². The van der Waals surface area contributed by atoms with Crippen LogP contribution in [0.1, 0.15) is 10.4 Å². The maximum absolute atomic E-state index is 11.2. The van der Waals surface area contributed by atoms with E-state index in [2.05, 4.69) is 5.32 Å². The van der Waals surface area contributed by atoms with E-state index in [-0.39, 0.29) is 11.0 Å². The number of benzene rings is 1. The molecule has 16 heavy (non-hydrogen) atoms. The number of hydrogen-bond acceptors (Lipinski definition) is 5. The lowest BCUT2D eigenvalue weighted by molar-refractivity contribution is -0.383. The Morgan fingerprint density at radius 3 is 2.56 bits per heavy atom. The van der Waals surface area contributed by atoms with Crippen LogP contribution in [0.15, 0.2) is 18.2 Å². The molecular weight excluding hydrogens is 215 g/mol. The minimum atomic E-state index is -1.95. The van der Waals surface area contributed by atoms with Gasteiger partial charge in [0.25, 0.3) is 11.6 Å². The average molecular weight is 224 g/mol. The van der Waals surface area contributed by atoms with Crippen LogP contribution in [-0.4, -0.2) is 35.0 Å². The van der Waals surface area contributed by atoms with Crippen molar-refractivity contribution >= 4 is 24.2 Å². The maximum Gasteiger partial charge on any atom is 0.495 e. The molecule has 0 heterocycles. The lowest BCUT2D eigenvalue weighted by Crippen LogP contribution is -2.32. The summed E-state index contributed by atoms with van der Waals surface area (Å²) in [4.78, 5) is 21.1. The molecule has 0 radical (unpaired) electrons. The molecule has 1 aromatic carbocycles. The summed E-state index contributed by atoms with van der Waals surface area (Å²) in [5.41, 5.74) is -0.674. The first-order valence-electron chi connectivity index (χ1n) is 4.34. The molecule has 84 valence electrons. The zero-order valence-corrected chi connectivity index (χ0v) is 8.38. The first-order chi connectivity index (χ1) is 7.47. The third kappa shape index (κ3) is 2.36. The topological polar surface area (TPSA) is 113 Å². The van der Waals surface area contributed by atoms with Crippen LogP contribution in [0.5, 0.6) is 0 Å². The minimum Gasteiger partial charge on any atom is -0.423 e. The maximum atomic E-state index is 11.2. The number of nitrogens with zero attached hydrogens (tertiary/aromatic N) is 1. The third-order valence-electron chi connectivity index (χ3n) is 1.99. The normalized spacial score (nSPS) is 9.69. The number of carbonyl (C=O) groups excluding carboxylic acids is 1. The van der Waals surface area contributed by atoms with Crippen molar-refractivity contribution in [2.24, 2.45) is 0 Å². The Bertz CT molecular complexity index is 434. The van der Waals surface area contributed by atoms with E-state index >= 15 is 0 Å². The summed E-state index contributed by atoms with van der Waals surface area (Å²) in [6, 6.07) is 3.40. The van der Waals surface area contributed by atoms with Gasteiger partial charge in [-0.15, -0.1) is 0 Å². The number of carbonyl (C=O) groups is 1. The standard InChI is InChI=1S/C8H9BN2O5/c1-10-8(12)5-2-3-6(9(13)14)7(4-5)11(15)16/h2-4,13-14H,1H3,(H,10,12). The quantitative estimate of drug-likeness (QED) is 0.333. The molecule has 7 nitrogen and oxygen atoms in total. The predicted molar refractivity (Wildman–Crippen MR) is 56.3 cm³/mol. The fourth-order valence-electron chi connectivity index (χ4n) is 1.21. The summed E-state index contributed by atoms with van der Waals surface area (Å²) in [6.45, 7) is 0. The molecule has 8 heteroatoms. The molecule has 0 saturated carbocycles. The summed E-state index contributed by atoms with van der Waals surface area (Å²) in [5, 5.41) is 30.7. The first kappa shape index (κ1) is 12.1. The van der Waals surface area contributed by atoms with Crippen molar-refractivity contribution in [1.82, 2.24) is 5.32 Å². The van der Waals surface area contributed by atoms with Gasteiger partial charge >= 0.3 is 7.12 Å². The van der Waals surface area contributed by atoms with Gasteiger partial charge < -0.3 is 15.4 Å². The van der Waals surface area contributed by atoms with E-state index < -0.39 is 23.6 Å². The first-order valence-corrected chi connectivity index (χ1v) is 4.34. The highest BCUT2D eigenvalue weighted by Gasteiger charge is 2.24. The molecular formula is C8H9BN2O5. The van der Waals surface area contributed by atoms with Crippen molar-refractivity contribution in [3.8, 4) is 0 Å². The van der Waals surface area contributed by atoms with Gasteiger partial charge in [-0.25, -0.2) is 0 Å². The fourth-order valence-corrected chi connectivity index (χ4v) is 1.21. The highest BCUT2D eigenvalue weighted by Crippen LogP contribution is 2.11. The second-order valence-corrected chi connectivity index (χ2v) is 2.98. The summed E-state index contributed by atoms with van der Waals surface area (Å²) in [6.07, 6.45) is 0. The lowest BCUT2D eigenvalue weighted by Gasteiger charge is -2.04. The Labute approximate surface area is 91.0 Å². The van der Waals surface area contributed by atoms with Crippen molar-refractivity contribution in [2.45, 2.75) is 0 Å². The van der Waals surface area contributed by atoms with E-state index in [1.165, 1.54) is 13.1 Å². The van der Waals surface area contributed by atoms with Gasteiger partial charge in [0.15, 0.2) is 0 Å². The SMILES string of the molecule is CNC(=O)c1ccc(B(O)O)c([N+](=O)[O-])c1. The molecule has 1 aromatic rings. The largest absolute Gasteiger partial charge is 0.495 e. The Balaban J connectivity index is 3.28. The molecule has 0 spiro atoms. The summed E-state index contributed by atoms with van der Waals surface area (Å²) in [7, 11) is -0.553. The monoisotopic (exact) mass is 224 g/mol. The molecule has 0 aliphatic rings. The summed E-state index contributed by atoms with van der Waals surface area (Å²) >= 11 is 0. The number of nitrogens with one attached hydrogen (secondary N) is 1. The lowest BCUT2D eigenvalue weighted by atomic mass is 9.78. The van der Waals surface area contributed by atoms with Crippen LogP contribution < -0.4 is 10.8 Å². The van der Waals surface area contributed by atoms with Gasteiger partial charge in [-0.2, -0.15) is 0 Å². The minimum absolute atomic E-state index is 0.0820. The second kappa shape index (κ2) is 4.73. The smallest absolute Gasteiger partial charge is 0.423 e. The van der Waals surface area contributed by atoms with Crippen LogP contribution in [0, 0.1) is 10.1 Å². The molecule has 0 aliphatic carbocycles. The molecule has 0 bridgehead atoms. The number of amides is 1. The van der Waals surface area contributed by atoms with Crippen molar-refractivity contribution in [3.63, 3.8) is 0 Å². The Morgan fingerprint density at radius 2 is 2.12 bits per heavy atom. The Kier molecular flexibility index (Phi) is 3.59. The fraction of sp³-hybridized carbons (Fsp3) is 0.125. The number of rotatable bonds is 3. The van der Waals surface area contributed by atoms with Crippen LogP contribution in [0.4, 0.5) is 5.69 Å². The third-order valence-corrected chi connectivity index (χ3v) is 1.99. The highest BCUT2D eigenvalue weighted by molar-refractivity contribution is 6.60. The van der Waals surface area contributed by atoms with Gasteiger partial charge in [-0.05, 0) is 6.07 Å². The predicted octanol–water partition coefficient (Wildman–Crippen LogP) is -1.37. The van der Waals surface area contributed by atoms with Gasteiger partial charge in [0.1, 0.15) is 0 Å². The van der Waals surface area contributed by atoms with Gasteiger partial charge in [0, 0.05) is 18.7 Å². The number of nitro groups is 1. The van der Waals surface area contributed by atoms with E-state index in [0.717, 1.165) is 12.1 Å². The van der Waals surface area contributed by atoms with Crippen LogP contribution >= 0.6 is 0 Å². The molecule has 1 rings (SSSR count). The average Bonchev–Trinajstić information content (AvgIpc) is 2.26. The Morgan fingerprint density at radius 1 is 1.50 bits per heavy atom. The van der Waals surface area contributed by atoms with Crippen molar-refractivity contribution in [2.75, 3.05) is 7.05 Å². The van der Waals surface area contributed by atoms with Crippen molar-refractivity contribution in [3.05, 3.63) is 33.9 Å². The molecule has 1 amide bonds. The zero-order chi connectivity index (χ0) is 12.3. The second-order valence-electron chi connectivity index (χ2n) is 2.98. The number of hydrogen-bond donors (Lipinski definition) is 3. The van der Waals surface area contributed by atoms with E-state index in [4.69, 9.17) is 10.0 Å². The van der Waals surface area contributed by atoms with Crippen molar-refractivity contribution in [1.29, 1.82) is 0 Å². The van der Waals surface area contributed by atoms with Crippen molar-refractivity contribution < 1.29 is 19.8 Å². The van der Waals surface area contributed by atoms with Crippen LogP contribution in [0.3, 0.4) is 0 Å². The summed E-state index contributed by atoms with van der Waals surface area (Å²) in [5.74, 6) is -0.484. The molecule has 0 atom stereocenters. The molecule has 0 unspecified atom stereocenters. The summed E-state index contributed by atoms with van der Waals surface area (Å²) < 4.78 is 0. The molecule has 0 aliphatic heterocycles. The van der Waals surface area contributed by atoms with Gasteiger partial charge in [-0.1, -0.05) is 6.07 Å².